The second-order valence-corrected chi connectivity index (χ2v) is 46.1. The monoisotopic (exact) mass is 1580 g/mol. The molecule has 0 fully saturated rings. The first kappa shape index (κ1) is 92.3. The second-order valence-electron chi connectivity index (χ2n) is 26.6. The smallest absolute Gasteiger partial charge is 0.337 e. The maximum absolute atomic E-state index is 14.3. The molecule has 0 saturated carbocycles. The number of hydrogen-bond acceptors (Lipinski definition) is 20. The Bertz CT molecular complexity index is 4520. The molecule has 12 N–H and O–H groups in total. The van der Waals surface area contributed by atoms with Crippen LogP contribution >= 0.6 is 10.7 Å². The quantitative estimate of drug-likeness (QED) is 0.0125. The first-order chi connectivity index (χ1) is 45.1. The summed E-state index contributed by atoms with van der Waals surface area (Å²) in [6.45, 7) is 28.8. The topological polar surface area (TPSA) is 422 Å². The van der Waals surface area contributed by atoms with E-state index in [1.54, 1.807) is 13.8 Å². The number of carbonyl (C=O) groups excluding carboxylic acids is 3. The summed E-state index contributed by atoms with van der Waals surface area (Å²) in [4.78, 5) is 30.4. The number of nitrogens with one attached hydrogen (secondary N) is 1. The molecule has 6 aromatic rings. The van der Waals surface area contributed by atoms with E-state index in [9.17, 15) is 93.9 Å². The Morgan fingerprint density at radius 1 is 0.436 bits per heavy atom. The Labute approximate surface area is 593 Å². The van der Waals surface area contributed by atoms with Gasteiger partial charge in [-0.1, -0.05) is 72.8 Å². The van der Waals surface area contributed by atoms with Gasteiger partial charge in [-0.25, -0.2) is 98.4 Å². The van der Waals surface area contributed by atoms with Gasteiger partial charge in [0.25, 0.3) is 9.05 Å². The number of nitrogens with zero attached hydrogens (tertiary/aromatic N) is 1. The number of anilines is 1. The summed E-state index contributed by atoms with van der Waals surface area (Å²) >= 11 is 0. The molecular formula is C63H87ClF6N6O18S5Si2. The van der Waals surface area contributed by atoms with Crippen molar-refractivity contribution >= 4 is 99.8 Å². The van der Waals surface area contributed by atoms with Crippen molar-refractivity contribution in [1.82, 2.24) is 4.39 Å². The molecular weight excluding hydrogens is 1490 g/mol. The zero-order valence-electron chi connectivity index (χ0n) is 58.8. The third-order valence-electron chi connectivity index (χ3n) is 15.0. The minimum absolute atomic E-state index is 0.0163. The Hall–Kier alpha value is -6.70. The summed E-state index contributed by atoms with van der Waals surface area (Å²) in [5.41, 5.74) is 2.60. The molecule has 24 nitrogen and oxygen atoms in total. The van der Waals surface area contributed by atoms with E-state index in [2.05, 4.69) is 22.6 Å². The van der Waals surface area contributed by atoms with Crippen molar-refractivity contribution in [3.05, 3.63) is 177 Å². The van der Waals surface area contributed by atoms with Crippen LogP contribution in [0, 0.1) is 34.9 Å². The summed E-state index contributed by atoms with van der Waals surface area (Å²) in [6, 6.07) is 20.4. The molecule has 0 radical (unpaired) electrons. The Morgan fingerprint density at radius 2 is 0.713 bits per heavy atom. The van der Waals surface area contributed by atoms with Gasteiger partial charge in [-0.3, -0.25) is 4.03 Å². The molecule has 38 heteroatoms. The maximum Gasteiger partial charge on any atom is 0.337 e. The number of halogens is 7. The summed E-state index contributed by atoms with van der Waals surface area (Å²) in [7, 11) is -15.7. The van der Waals surface area contributed by atoms with Crippen LogP contribution in [0.25, 0.3) is 0 Å². The fourth-order valence-electron chi connectivity index (χ4n) is 7.09. The number of aliphatic hydroxyl groups is 3. The highest BCUT2D eigenvalue weighted by Crippen LogP contribution is 2.39. The van der Waals surface area contributed by atoms with E-state index in [4.69, 9.17) is 31.8 Å². The molecule has 6 aromatic carbocycles. The zero-order chi connectivity index (χ0) is 79.4. The van der Waals surface area contributed by atoms with Crippen LogP contribution in [0.4, 0.5) is 32.0 Å². The van der Waals surface area contributed by atoms with Gasteiger partial charge >= 0.3 is 17.9 Å². The van der Waals surface area contributed by atoms with Crippen LogP contribution in [0.15, 0.2) is 138 Å². The van der Waals surface area contributed by atoms with Gasteiger partial charge in [0.2, 0.25) is 30.1 Å². The van der Waals surface area contributed by atoms with E-state index in [0.29, 0.717) is 11.1 Å². The van der Waals surface area contributed by atoms with Crippen LogP contribution in [0.5, 0.6) is 0 Å². The van der Waals surface area contributed by atoms with Crippen molar-refractivity contribution < 1.29 is 108 Å². The van der Waals surface area contributed by atoms with E-state index in [0.717, 1.165) is 74.9 Å². The van der Waals surface area contributed by atoms with Gasteiger partial charge in [0, 0.05) is 10.7 Å². The predicted octanol–water partition coefficient (Wildman–Crippen LogP) is 10.8. The van der Waals surface area contributed by atoms with Crippen LogP contribution < -0.4 is 25.5 Å². The minimum Gasteiger partial charge on any atom is -0.465 e. The van der Waals surface area contributed by atoms with Crippen LogP contribution in [-0.4, -0.2) is 109 Å². The van der Waals surface area contributed by atoms with Gasteiger partial charge in [-0.15, -0.1) is 0 Å². The molecule has 1 atom stereocenters. The summed E-state index contributed by atoms with van der Waals surface area (Å²) < 4.78 is 204. The van der Waals surface area contributed by atoms with E-state index in [-0.39, 0.29) is 47.8 Å². The van der Waals surface area contributed by atoms with Crippen molar-refractivity contribution in [3.63, 3.8) is 0 Å². The third kappa shape index (κ3) is 27.8. The standard InChI is InChI=1S/C15H27FN2O2SSi.C15H26FNO3SSi.C9H12FNO3S.C8H6ClFO4S.C8H8FNO4S.C8H8FNO2/c1-14(2,3)22(6,7)18-21(17,20)13-9-8-11(10-12(13)16)15(4,5)19;1-14(2,3)22(6,7)17-21(19,20)13-9-8-11(10-12(13)16)15(4,5)18;1-9(2,12)6-3-4-8(7(10)5-6)15(11,13)14;1-14-8(11)5-2-3-7(6(10)4-5)15(9,12)13;1-14-8(11)5-2-3-7(6(9)4-5)15(10,12)13;1-12-8(11)5-2-3-7(10)6(9)4-5/h8-10,19H,1-7H3,(H2,17,18,20);8-10,17-18H,1-7H3;3-5,12H,1-2H3,(H2,11,13,14);2-4H,1H3;2-4H,1H3,(H2,10,12,13);2-4H,10H2,1H3. The predicted molar refractivity (Wildman–Crippen MR) is 376 cm³/mol. The summed E-state index contributed by atoms with van der Waals surface area (Å²) in [5.74, 6) is -7.39. The van der Waals surface area contributed by atoms with Crippen molar-refractivity contribution in [2.45, 2.75) is 161 Å². The first-order valence-corrected chi connectivity index (χ1v) is 43.6. The highest BCUT2D eigenvalue weighted by molar-refractivity contribution is 8.13. The highest BCUT2D eigenvalue weighted by Gasteiger charge is 2.41. The van der Waals surface area contributed by atoms with Gasteiger partial charge in [0.05, 0.1) is 65.4 Å². The number of carbonyl (C=O) groups is 3. The van der Waals surface area contributed by atoms with Crippen LogP contribution in [0.1, 0.15) is 131 Å². The van der Waals surface area contributed by atoms with E-state index in [1.165, 1.54) is 83.3 Å². The Kier molecular flexibility index (Phi) is 31.7. The number of primary sulfonamides is 2. The van der Waals surface area contributed by atoms with Crippen LogP contribution in [0.3, 0.4) is 0 Å². The number of nitrogens with two attached hydrogens (primary N) is 4. The number of rotatable bonds is 14. The number of benzene rings is 6. The molecule has 0 aliphatic rings. The molecule has 0 heterocycles. The Balaban J connectivity index is 0.000000614. The largest absolute Gasteiger partial charge is 0.465 e. The lowest BCUT2D eigenvalue weighted by Gasteiger charge is -2.36. The maximum atomic E-state index is 14.3. The van der Waals surface area contributed by atoms with Gasteiger partial charge in [0.1, 0.15) is 72.6 Å². The highest BCUT2D eigenvalue weighted by atomic mass is 35.7. The molecule has 1 unspecified atom stereocenters. The first-order valence-electron chi connectivity index (χ1n) is 29.2. The lowest BCUT2D eigenvalue weighted by atomic mass is 9.99. The number of sulfonamides is 3. The molecule has 6 rings (SSSR count). The normalized spacial score (nSPS) is 13.0. The molecule has 0 amide bonds. The van der Waals surface area contributed by atoms with E-state index >= 15 is 0 Å². The van der Waals surface area contributed by atoms with Crippen LogP contribution in [-0.2, 0) is 80.0 Å². The number of esters is 3. The Morgan fingerprint density at radius 3 is 0.970 bits per heavy atom. The second kappa shape index (κ2) is 34.7. The third-order valence-corrected chi connectivity index (χ3v) is 33.5. The average Bonchev–Trinajstić information content (AvgIpc) is 0.786. The molecule has 0 aliphatic heterocycles. The number of methoxy groups -OCH3 is 3. The van der Waals surface area contributed by atoms with Gasteiger partial charge in [-0.2, -0.15) is 0 Å². The lowest BCUT2D eigenvalue weighted by Crippen LogP contribution is -2.54. The molecule has 0 bridgehead atoms. The van der Waals surface area contributed by atoms with E-state index in [1.807, 2.05) is 67.7 Å². The van der Waals surface area contributed by atoms with Crippen LogP contribution in [0.2, 0.25) is 36.3 Å². The zero-order valence-corrected chi connectivity index (χ0v) is 65.6. The molecule has 0 saturated heterocycles. The fraction of sp³-hybridized carbons (Fsp3) is 0.381. The molecule has 564 valence electrons. The van der Waals surface area contributed by atoms with Gasteiger partial charge < -0.3 is 35.3 Å². The molecule has 0 aliphatic carbocycles. The lowest BCUT2D eigenvalue weighted by molar-refractivity contribution is 0.0591. The van der Waals surface area contributed by atoms with Crippen molar-refractivity contribution in [2.24, 2.45) is 19.4 Å². The van der Waals surface area contributed by atoms with Crippen molar-refractivity contribution in [2.75, 3.05) is 27.1 Å². The minimum atomic E-state index is -4.14. The summed E-state index contributed by atoms with van der Waals surface area (Å²) in [5, 5.41) is 44.4. The van der Waals surface area contributed by atoms with E-state index < -0.39 is 150 Å². The average molecular weight is 1580 g/mol. The molecule has 0 spiro atoms. The molecule has 101 heavy (non-hydrogen) atoms. The SMILES string of the molecule is CC(C)(O)c1ccc(S(=O)(=O)N[Si](C)(C)C(C)(C)C)c(F)c1.CC(C)(O)c1ccc(S(N)(=O)=N[Si](C)(C)C(C)(C)C)c(F)c1.CC(C)(O)c1ccc(S(N)(=O)=O)c(F)c1.COC(=O)c1ccc(N)c(F)c1.COC(=O)c1ccc(S(=O)(=O)Cl)c(F)c1.COC(=O)c1ccc(S(N)(=O)=O)c(F)c1. The van der Waals surface area contributed by atoms with Gasteiger partial charge in [-0.05, 0) is 172 Å². The number of nitrogen functional groups attached to an aromatic ring is 1. The fourth-order valence-corrected chi connectivity index (χ4v) is 18.9. The number of hydrogen-bond donors (Lipinski definition) is 8. The van der Waals surface area contributed by atoms with Crippen molar-refractivity contribution in [3.8, 4) is 0 Å². The van der Waals surface area contributed by atoms with Gasteiger partial charge in [0.15, 0.2) is 8.24 Å². The summed E-state index contributed by atoms with van der Waals surface area (Å²) in [6.07, 6.45) is 0. The van der Waals surface area contributed by atoms with Crippen molar-refractivity contribution in [1.29, 1.82) is 0 Å². The number of ether oxygens (including phenoxy) is 3. The molecule has 0 aromatic heterocycles.